The molecular weight excluding hydrogens is 319 g/mol. The monoisotopic (exact) mass is 334 g/mol. The molecule has 0 aliphatic heterocycles. The van der Waals surface area contributed by atoms with Crippen molar-refractivity contribution in [3.8, 4) is 0 Å². The van der Waals surface area contributed by atoms with Crippen LogP contribution in [0.5, 0.6) is 0 Å². The topological polar surface area (TPSA) is 68.5 Å². The highest BCUT2D eigenvalue weighted by atomic mass is 19.1. The first kappa shape index (κ1) is 15.2. The fourth-order valence-corrected chi connectivity index (χ4v) is 2.78. The van der Waals surface area contributed by atoms with Crippen LogP contribution in [0.3, 0.4) is 0 Å². The van der Waals surface area contributed by atoms with Crippen LogP contribution in [0.1, 0.15) is 11.6 Å². The van der Waals surface area contributed by atoms with Gasteiger partial charge in [0.25, 0.3) is 0 Å². The van der Waals surface area contributed by atoms with Crippen molar-refractivity contribution in [3.05, 3.63) is 78.9 Å². The quantitative estimate of drug-likeness (QED) is 0.607. The first-order valence-electron chi connectivity index (χ1n) is 7.84. The number of hydrogen-bond donors (Lipinski definition) is 1. The lowest BCUT2D eigenvalue weighted by Gasteiger charge is -2.20. The molecule has 124 valence electrons. The number of anilines is 1. The predicted molar refractivity (Wildman–Crippen MR) is 92.3 cm³/mol. The van der Waals surface area contributed by atoms with Crippen molar-refractivity contribution >= 4 is 16.7 Å². The Hall–Kier alpha value is -3.35. The van der Waals surface area contributed by atoms with Gasteiger partial charge in [0.2, 0.25) is 0 Å². The minimum atomic E-state index is -0.354. The maximum Gasteiger partial charge on any atom is 0.140 e. The molecule has 2 aromatic heterocycles. The van der Waals surface area contributed by atoms with Gasteiger partial charge < -0.3 is 5.32 Å². The summed E-state index contributed by atoms with van der Waals surface area (Å²) in [6.07, 6.45) is 4.57. The van der Waals surface area contributed by atoms with E-state index >= 15 is 0 Å². The summed E-state index contributed by atoms with van der Waals surface area (Å²) in [6, 6.07) is 14.6. The number of fused-ring (bicyclic) bond motifs is 1. The van der Waals surface area contributed by atoms with Crippen LogP contribution in [0.2, 0.25) is 0 Å². The molecule has 1 N–H and O–H groups in total. The highest BCUT2D eigenvalue weighted by molar-refractivity contribution is 5.89. The molecule has 0 bridgehead atoms. The summed E-state index contributed by atoms with van der Waals surface area (Å²) in [6.45, 7) is 0.532. The van der Waals surface area contributed by atoms with E-state index in [0.717, 1.165) is 5.56 Å². The standard InChI is InChI=1S/C18H15FN6/c19-14-7-4-8-15-17(14)18(22-11-21-15)24-16(9-25-12-20-10-23-25)13-5-2-1-3-6-13/h1-8,10-12,16H,9H2,(H,21,22,24)/t16-/m1/s1. The summed E-state index contributed by atoms with van der Waals surface area (Å²) in [5.74, 6) is 0.102. The van der Waals surface area contributed by atoms with Crippen molar-refractivity contribution in [3.63, 3.8) is 0 Å². The summed E-state index contributed by atoms with van der Waals surface area (Å²) in [4.78, 5) is 12.4. The molecule has 0 aliphatic rings. The maximum absolute atomic E-state index is 14.3. The van der Waals surface area contributed by atoms with Crippen molar-refractivity contribution in [2.24, 2.45) is 0 Å². The zero-order valence-corrected chi connectivity index (χ0v) is 13.2. The number of nitrogens with zero attached hydrogens (tertiary/aromatic N) is 5. The third-order valence-corrected chi connectivity index (χ3v) is 3.96. The molecule has 6 nitrogen and oxygen atoms in total. The van der Waals surface area contributed by atoms with E-state index in [4.69, 9.17) is 0 Å². The van der Waals surface area contributed by atoms with Gasteiger partial charge >= 0.3 is 0 Å². The van der Waals surface area contributed by atoms with Gasteiger partial charge in [-0.2, -0.15) is 5.10 Å². The Morgan fingerprint density at radius 3 is 2.68 bits per heavy atom. The Kier molecular flexibility index (Phi) is 4.04. The van der Waals surface area contributed by atoms with Crippen LogP contribution < -0.4 is 5.32 Å². The molecule has 2 heterocycles. The molecule has 7 heteroatoms. The van der Waals surface area contributed by atoms with Crippen LogP contribution in [-0.2, 0) is 6.54 Å². The number of hydrogen-bond acceptors (Lipinski definition) is 5. The highest BCUT2D eigenvalue weighted by Gasteiger charge is 2.16. The van der Waals surface area contributed by atoms with E-state index in [1.54, 1.807) is 23.1 Å². The second kappa shape index (κ2) is 6.64. The zero-order valence-electron chi connectivity index (χ0n) is 13.2. The minimum absolute atomic E-state index is 0.152. The second-order valence-electron chi connectivity index (χ2n) is 5.58. The van der Waals surface area contributed by atoms with Gasteiger partial charge in [0, 0.05) is 0 Å². The molecule has 0 aliphatic carbocycles. The molecule has 0 spiro atoms. The molecule has 4 aromatic rings. The molecule has 4 rings (SSSR count). The summed E-state index contributed by atoms with van der Waals surface area (Å²) in [5.41, 5.74) is 1.60. The van der Waals surface area contributed by atoms with Gasteiger partial charge in [-0.3, -0.25) is 4.68 Å². The summed E-state index contributed by atoms with van der Waals surface area (Å²) >= 11 is 0. The van der Waals surface area contributed by atoms with Crippen LogP contribution >= 0.6 is 0 Å². The third kappa shape index (κ3) is 3.16. The zero-order chi connectivity index (χ0) is 17.1. The van der Waals surface area contributed by atoms with Crippen molar-refractivity contribution in [2.75, 3.05) is 5.32 Å². The Balaban J connectivity index is 1.74. The minimum Gasteiger partial charge on any atom is -0.361 e. The first-order valence-corrected chi connectivity index (χ1v) is 7.84. The molecule has 1 atom stereocenters. The van der Waals surface area contributed by atoms with Gasteiger partial charge in [-0.1, -0.05) is 36.4 Å². The van der Waals surface area contributed by atoms with E-state index in [9.17, 15) is 4.39 Å². The SMILES string of the molecule is Fc1cccc2ncnc(N[C@H](Cn3cncn3)c3ccccc3)c12. The molecule has 0 saturated carbocycles. The first-order chi connectivity index (χ1) is 12.3. The fourth-order valence-electron chi connectivity index (χ4n) is 2.78. The highest BCUT2D eigenvalue weighted by Crippen LogP contribution is 2.27. The molecule has 0 amide bonds. The van der Waals surface area contributed by atoms with E-state index in [2.05, 4.69) is 25.4 Å². The van der Waals surface area contributed by atoms with Crippen LogP contribution in [0, 0.1) is 5.82 Å². The number of rotatable bonds is 5. The normalized spacial score (nSPS) is 12.2. The average molecular weight is 334 g/mol. The lowest BCUT2D eigenvalue weighted by atomic mass is 10.1. The summed E-state index contributed by atoms with van der Waals surface area (Å²) in [5, 5.41) is 7.88. The molecular formula is C18H15FN6. The van der Waals surface area contributed by atoms with Crippen molar-refractivity contribution in [1.82, 2.24) is 24.7 Å². The lowest BCUT2D eigenvalue weighted by molar-refractivity contribution is 0.549. The van der Waals surface area contributed by atoms with Crippen LogP contribution in [0.15, 0.2) is 67.5 Å². The van der Waals surface area contributed by atoms with Crippen LogP contribution in [0.25, 0.3) is 10.9 Å². The smallest absolute Gasteiger partial charge is 0.140 e. The van der Waals surface area contributed by atoms with E-state index in [0.29, 0.717) is 23.3 Å². The van der Waals surface area contributed by atoms with E-state index in [1.165, 1.54) is 18.7 Å². The van der Waals surface area contributed by atoms with Crippen molar-refractivity contribution < 1.29 is 4.39 Å². The second-order valence-corrected chi connectivity index (χ2v) is 5.58. The van der Waals surface area contributed by atoms with Crippen LogP contribution in [-0.4, -0.2) is 24.7 Å². The molecule has 0 unspecified atom stereocenters. The largest absolute Gasteiger partial charge is 0.361 e. The van der Waals surface area contributed by atoms with Gasteiger partial charge in [0.1, 0.15) is 30.6 Å². The number of halogens is 1. The molecule has 25 heavy (non-hydrogen) atoms. The molecule has 0 saturated heterocycles. The number of aromatic nitrogens is 5. The van der Waals surface area contributed by atoms with Gasteiger partial charge in [0.15, 0.2) is 0 Å². The third-order valence-electron chi connectivity index (χ3n) is 3.96. The predicted octanol–water partition coefficient (Wildman–Crippen LogP) is 3.21. The summed E-state index contributed by atoms with van der Waals surface area (Å²) in [7, 11) is 0. The Morgan fingerprint density at radius 2 is 1.88 bits per heavy atom. The van der Waals surface area contributed by atoms with Gasteiger partial charge in [-0.05, 0) is 17.7 Å². The fraction of sp³-hybridized carbons (Fsp3) is 0.111. The molecule has 0 radical (unpaired) electrons. The summed E-state index contributed by atoms with van der Waals surface area (Å²) < 4.78 is 16.1. The van der Waals surface area contributed by atoms with Crippen LogP contribution in [0.4, 0.5) is 10.2 Å². The van der Waals surface area contributed by atoms with E-state index in [1.807, 2.05) is 30.3 Å². The van der Waals surface area contributed by atoms with Crippen molar-refractivity contribution in [2.45, 2.75) is 12.6 Å². The van der Waals surface area contributed by atoms with E-state index in [-0.39, 0.29) is 11.9 Å². The van der Waals surface area contributed by atoms with Gasteiger partial charge in [-0.15, -0.1) is 0 Å². The Bertz CT molecular complexity index is 966. The van der Waals surface area contributed by atoms with Gasteiger partial charge in [0.05, 0.1) is 23.5 Å². The number of nitrogens with one attached hydrogen (secondary N) is 1. The van der Waals surface area contributed by atoms with E-state index < -0.39 is 0 Å². The molecule has 0 fully saturated rings. The van der Waals surface area contributed by atoms with Gasteiger partial charge in [-0.25, -0.2) is 19.3 Å². The molecule has 2 aromatic carbocycles. The van der Waals surface area contributed by atoms with Crippen molar-refractivity contribution in [1.29, 1.82) is 0 Å². The number of benzene rings is 2. The lowest BCUT2D eigenvalue weighted by Crippen LogP contribution is -2.19. The average Bonchev–Trinajstić information content (AvgIpc) is 3.15. The Labute approximate surface area is 143 Å². The maximum atomic E-state index is 14.3. The Morgan fingerprint density at radius 1 is 1.00 bits per heavy atom.